The maximum Gasteiger partial charge on any atom is 0.340 e. The molecule has 0 N–H and O–H groups in total. The number of thioether (sulfide) groups is 1. The van der Waals surface area contributed by atoms with Gasteiger partial charge in [0.05, 0.1) is 23.9 Å². The molecule has 154 valence electrons. The average Bonchev–Trinajstić information content (AvgIpc) is 3.01. The number of hydrogen-bond donors (Lipinski definition) is 0. The van der Waals surface area contributed by atoms with Crippen molar-refractivity contribution >= 4 is 35.4 Å². The molecule has 0 fully saturated rings. The van der Waals surface area contributed by atoms with Crippen molar-refractivity contribution in [3.63, 3.8) is 0 Å². The van der Waals surface area contributed by atoms with Gasteiger partial charge in [0.2, 0.25) is 0 Å². The van der Waals surface area contributed by atoms with Crippen molar-refractivity contribution in [2.75, 3.05) is 24.9 Å². The molecule has 0 spiro atoms. The lowest BCUT2D eigenvalue weighted by molar-refractivity contribution is -0.136. The Morgan fingerprint density at radius 1 is 1.20 bits per heavy atom. The fraction of sp³-hybridized carbons (Fsp3) is 0.167. The van der Waals surface area contributed by atoms with Gasteiger partial charge in [-0.15, -0.1) is 11.8 Å². The topological polar surface area (TPSA) is 55.8 Å². The van der Waals surface area contributed by atoms with E-state index in [0.29, 0.717) is 23.7 Å². The van der Waals surface area contributed by atoms with Gasteiger partial charge in [0, 0.05) is 10.6 Å². The summed E-state index contributed by atoms with van der Waals surface area (Å²) in [4.78, 5) is 28.5. The van der Waals surface area contributed by atoms with Gasteiger partial charge in [0.15, 0.2) is 0 Å². The SMILES string of the molecule is C=CCOc1cccc(/C=C2\C(=O)N(c3cccc(SC)c3)C(C)=C2C(=O)OC)c1. The number of carbonyl (C=O) groups excluding carboxylic acids is 2. The van der Waals surface area contributed by atoms with Crippen LogP contribution in [0.4, 0.5) is 5.69 Å². The van der Waals surface area contributed by atoms with Crippen LogP contribution >= 0.6 is 11.8 Å². The third kappa shape index (κ3) is 4.33. The van der Waals surface area contributed by atoms with Gasteiger partial charge in [0.25, 0.3) is 5.91 Å². The highest BCUT2D eigenvalue weighted by atomic mass is 32.2. The van der Waals surface area contributed by atoms with Crippen molar-refractivity contribution in [1.82, 2.24) is 0 Å². The van der Waals surface area contributed by atoms with E-state index in [2.05, 4.69) is 6.58 Å². The predicted molar refractivity (Wildman–Crippen MR) is 121 cm³/mol. The van der Waals surface area contributed by atoms with Crippen molar-refractivity contribution in [3.8, 4) is 5.75 Å². The summed E-state index contributed by atoms with van der Waals surface area (Å²) in [7, 11) is 1.31. The summed E-state index contributed by atoms with van der Waals surface area (Å²) in [5, 5.41) is 0. The van der Waals surface area contributed by atoms with Gasteiger partial charge >= 0.3 is 5.97 Å². The molecular weight excluding hydrogens is 398 g/mol. The van der Waals surface area contributed by atoms with Crippen LogP contribution < -0.4 is 9.64 Å². The van der Waals surface area contributed by atoms with Gasteiger partial charge in [-0.3, -0.25) is 9.69 Å². The standard InChI is InChI=1S/C24H23NO4S/c1-5-12-29-19-10-6-8-17(13-19)14-21-22(24(27)28-3)16(2)25(23(21)26)18-9-7-11-20(15-18)30-4/h5-11,13-15H,1,12H2,2-4H3/b21-14-. The molecule has 1 aliphatic heterocycles. The maximum atomic E-state index is 13.4. The number of allylic oxidation sites excluding steroid dienone is 1. The molecule has 0 unspecified atom stereocenters. The zero-order valence-corrected chi connectivity index (χ0v) is 18.0. The molecule has 5 nitrogen and oxygen atoms in total. The first-order valence-electron chi connectivity index (χ1n) is 9.33. The lowest BCUT2D eigenvalue weighted by Gasteiger charge is -2.18. The first kappa shape index (κ1) is 21.5. The summed E-state index contributed by atoms with van der Waals surface area (Å²) in [5.41, 5.74) is 2.53. The molecule has 0 aromatic heterocycles. The van der Waals surface area contributed by atoms with Crippen LogP contribution in [0, 0.1) is 0 Å². The number of benzene rings is 2. The van der Waals surface area contributed by atoms with Crippen LogP contribution in [0.5, 0.6) is 5.75 Å². The Bertz CT molecular complexity index is 1050. The minimum atomic E-state index is -0.547. The Hall–Kier alpha value is -3.25. The summed E-state index contributed by atoms with van der Waals surface area (Å²) in [6.07, 6.45) is 5.32. The highest BCUT2D eigenvalue weighted by Gasteiger charge is 2.37. The summed E-state index contributed by atoms with van der Waals surface area (Å²) in [6, 6.07) is 15.0. The van der Waals surface area contributed by atoms with E-state index >= 15 is 0 Å². The number of hydrogen-bond acceptors (Lipinski definition) is 5. The van der Waals surface area contributed by atoms with E-state index in [4.69, 9.17) is 9.47 Å². The van der Waals surface area contributed by atoms with Crippen molar-refractivity contribution in [3.05, 3.63) is 83.6 Å². The number of anilines is 1. The molecule has 1 amide bonds. The van der Waals surface area contributed by atoms with Gasteiger partial charge in [-0.1, -0.05) is 30.9 Å². The third-order valence-corrected chi connectivity index (χ3v) is 5.36. The van der Waals surface area contributed by atoms with Crippen LogP contribution in [-0.2, 0) is 14.3 Å². The molecular formula is C24H23NO4S. The molecule has 0 aliphatic carbocycles. The van der Waals surface area contributed by atoms with Gasteiger partial charge in [-0.2, -0.15) is 0 Å². The quantitative estimate of drug-likeness (QED) is 0.277. The van der Waals surface area contributed by atoms with Crippen molar-refractivity contribution in [2.45, 2.75) is 11.8 Å². The lowest BCUT2D eigenvalue weighted by Crippen LogP contribution is -2.24. The maximum absolute atomic E-state index is 13.4. The number of carbonyl (C=O) groups is 2. The van der Waals surface area contributed by atoms with E-state index in [0.717, 1.165) is 10.5 Å². The minimum absolute atomic E-state index is 0.259. The van der Waals surface area contributed by atoms with Crippen molar-refractivity contribution in [2.24, 2.45) is 0 Å². The molecule has 30 heavy (non-hydrogen) atoms. The first-order chi connectivity index (χ1) is 14.5. The Kier molecular flexibility index (Phi) is 6.79. The molecule has 2 aromatic rings. The second-order valence-corrected chi connectivity index (χ2v) is 7.40. The Balaban J connectivity index is 2.07. The van der Waals surface area contributed by atoms with E-state index in [-0.39, 0.29) is 17.1 Å². The zero-order chi connectivity index (χ0) is 21.7. The highest BCUT2D eigenvalue weighted by Crippen LogP contribution is 2.36. The Morgan fingerprint density at radius 2 is 1.97 bits per heavy atom. The Labute approximate surface area is 180 Å². The van der Waals surface area contributed by atoms with E-state index in [1.165, 1.54) is 7.11 Å². The van der Waals surface area contributed by atoms with Crippen LogP contribution in [0.25, 0.3) is 6.08 Å². The molecule has 0 saturated heterocycles. The van der Waals surface area contributed by atoms with Gasteiger partial charge in [-0.05, 0) is 55.2 Å². The molecule has 0 saturated carbocycles. The number of amides is 1. The van der Waals surface area contributed by atoms with Crippen LogP contribution in [0.1, 0.15) is 12.5 Å². The Morgan fingerprint density at radius 3 is 2.67 bits per heavy atom. The first-order valence-corrected chi connectivity index (χ1v) is 10.6. The molecule has 2 aromatic carbocycles. The van der Waals surface area contributed by atoms with Crippen molar-refractivity contribution in [1.29, 1.82) is 0 Å². The number of nitrogens with zero attached hydrogens (tertiary/aromatic N) is 1. The molecule has 6 heteroatoms. The molecule has 0 atom stereocenters. The van der Waals surface area contributed by atoms with E-state index < -0.39 is 5.97 Å². The second kappa shape index (κ2) is 9.50. The average molecular weight is 422 g/mol. The van der Waals surface area contributed by atoms with Crippen LogP contribution in [0.2, 0.25) is 0 Å². The van der Waals surface area contributed by atoms with Crippen LogP contribution in [0.15, 0.2) is 82.9 Å². The fourth-order valence-corrected chi connectivity index (χ4v) is 3.71. The number of rotatable bonds is 7. The highest BCUT2D eigenvalue weighted by molar-refractivity contribution is 7.98. The zero-order valence-electron chi connectivity index (χ0n) is 17.2. The normalized spacial score (nSPS) is 15.0. The van der Waals surface area contributed by atoms with E-state index in [1.807, 2.05) is 54.8 Å². The molecule has 0 bridgehead atoms. The fourth-order valence-electron chi connectivity index (χ4n) is 3.26. The second-order valence-electron chi connectivity index (χ2n) is 6.52. The van der Waals surface area contributed by atoms with Crippen LogP contribution in [0.3, 0.4) is 0 Å². The molecule has 1 aliphatic rings. The van der Waals surface area contributed by atoms with Gasteiger partial charge < -0.3 is 9.47 Å². The smallest absolute Gasteiger partial charge is 0.340 e. The third-order valence-electron chi connectivity index (χ3n) is 4.64. The summed E-state index contributed by atoms with van der Waals surface area (Å²) < 4.78 is 10.5. The van der Waals surface area contributed by atoms with Crippen molar-refractivity contribution < 1.29 is 19.1 Å². The molecule has 1 heterocycles. The predicted octanol–water partition coefficient (Wildman–Crippen LogP) is 4.85. The summed E-state index contributed by atoms with van der Waals surface area (Å²) >= 11 is 1.59. The van der Waals surface area contributed by atoms with E-state index in [9.17, 15) is 9.59 Å². The van der Waals surface area contributed by atoms with Crippen LogP contribution in [-0.4, -0.2) is 31.8 Å². The lowest BCUT2D eigenvalue weighted by atomic mass is 10.0. The number of esters is 1. The minimum Gasteiger partial charge on any atom is -0.490 e. The largest absolute Gasteiger partial charge is 0.490 e. The monoisotopic (exact) mass is 421 g/mol. The van der Waals surface area contributed by atoms with Gasteiger partial charge in [-0.25, -0.2) is 4.79 Å². The number of ether oxygens (including phenoxy) is 2. The van der Waals surface area contributed by atoms with E-state index in [1.54, 1.807) is 35.7 Å². The molecule has 0 radical (unpaired) electrons. The van der Waals surface area contributed by atoms with Gasteiger partial charge in [0.1, 0.15) is 12.4 Å². The molecule has 3 rings (SSSR count). The number of methoxy groups -OCH3 is 1. The summed E-state index contributed by atoms with van der Waals surface area (Å²) in [6.45, 7) is 5.77. The summed E-state index contributed by atoms with van der Waals surface area (Å²) in [5.74, 6) is -0.169.